The first kappa shape index (κ1) is 14.4. The minimum Gasteiger partial charge on any atom is -0.369 e. The number of nitrogens with two attached hydrogens (primary N) is 1. The van der Waals surface area contributed by atoms with Crippen LogP contribution in [0.3, 0.4) is 0 Å². The molecule has 6 heteroatoms. The quantitative estimate of drug-likeness (QED) is 0.588. The molecular weight excluding hydrogens is 252 g/mol. The number of nitrogens with one attached hydrogen (secondary N) is 1. The maximum Gasteiger partial charge on any atom is 0.202 e. The van der Waals surface area contributed by atoms with Gasteiger partial charge in [-0.25, -0.2) is 0 Å². The van der Waals surface area contributed by atoms with E-state index in [1.165, 1.54) is 25.7 Å². The number of rotatable bonds is 7. The number of nitrogens with zero attached hydrogens (tertiary/aromatic N) is 2. The first-order valence-corrected chi connectivity index (χ1v) is 7.41. The Labute approximate surface area is 112 Å². The molecular formula is C11H20N4S2. The van der Waals surface area contributed by atoms with Crippen molar-refractivity contribution in [3.8, 4) is 0 Å². The van der Waals surface area contributed by atoms with Crippen LogP contribution in [0, 0.1) is 10.7 Å². The van der Waals surface area contributed by atoms with Crippen molar-refractivity contribution in [3.05, 3.63) is 4.77 Å². The molecule has 1 rings (SSSR count). The van der Waals surface area contributed by atoms with Crippen LogP contribution in [0.25, 0.3) is 0 Å². The van der Waals surface area contributed by atoms with Crippen LogP contribution in [0.2, 0.25) is 0 Å². The van der Waals surface area contributed by atoms with Gasteiger partial charge in [-0.15, -0.1) is 0 Å². The molecule has 0 radical (unpaired) electrons. The zero-order valence-electron chi connectivity index (χ0n) is 10.4. The van der Waals surface area contributed by atoms with Gasteiger partial charge in [-0.3, -0.25) is 0 Å². The van der Waals surface area contributed by atoms with E-state index in [-0.39, 0.29) is 0 Å². The van der Waals surface area contributed by atoms with E-state index in [2.05, 4.69) is 28.8 Å². The molecule has 0 bridgehead atoms. The van der Waals surface area contributed by atoms with Crippen molar-refractivity contribution in [2.24, 2.45) is 5.92 Å². The Morgan fingerprint density at radius 2 is 2.18 bits per heavy atom. The molecule has 1 aromatic rings. The minimum absolute atomic E-state index is 0.342. The SMILES string of the molecule is CCCCC(CC)CSc1nc(N)[nH]c(=S)n1. The predicted molar refractivity (Wildman–Crippen MR) is 75.7 cm³/mol. The van der Waals surface area contributed by atoms with Gasteiger partial charge >= 0.3 is 0 Å². The first-order valence-electron chi connectivity index (χ1n) is 6.02. The van der Waals surface area contributed by atoms with Gasteiger partial charge in [0.25, 0.3) is 0 Å². The summed E-state index contributed by atoms with van der Waals surface area (Å²) in [6.45, 7) is 4.45. The van der Waals surface area contributed by atoms with Crippen LogP contribution in [0.15, 0.2) is 5.16 Å². The molecule has 0 aliphatic rings. The number of H-pyrrole nitrogens is 1. The molecule has 1 unspecified atom stereocenters. The molecule has 96 valence electrons. The predicted octanol–water partition coefficient (Wildman–Crippen LogP) is 3.42. The van der Waals surface area contributed by atoms with Gasteiger partial charge in [-0.1, -0.05) is 44.9 Å². The number of unbranched alkanes of at least 4 members (excludes halogenated alkanes) is 1. The molecule has 0 aliphatic carbocycles. The highest BCUT2D eigenvalue weighted by atomic mass is 32.2. The van der Waals surface area contributed by atoms with E-state index in [0.717, 1.165) is 11.7 Å². The van der Waals surface area contributed by atoms with Crippen molar-refractivity contribution >= 4 is 29.9 Å². The second-order valence-corrected chi connectivity index (χ2v) is 5.42. The van der Waals surface area contributed by atoms with Crippen LogP contribution >= 0.6 is 24.0 Å². The standard InChI is InChI=1S/C11H20N4S2/c1-3-5-6-8(4-2)7-17-11-14-9(12)13-10(16)15-11/h8H,3-7H2,1-2H3,(H3,12,13,14,15,16). The average molecular weight is 272 g/mol. The smallest absolute Gasteiger partial charge is 0.202 e. The molecule has 0 amide bonds. The molecule has 0 aromatic carbocycles. The largest absolute Gasteiger partial charge is 0.369 e. The Morgan fingerprint density at radius 3 is 2.76 bits per heavy atom. The number of hydrogen-bond donors (Lipinski definition) is 2. The molecule has 17 heavy (non-hydrogen) atoms. The summed E-state index contributed by atoms with van der Waals surface area (Å²) < 4.78 is 0.404. The molecule has 0 fully saturated rings. The number of aromatic nitrogens is 3. The number of aromatic amines is 1. The molecule has 0 aliphatic heterocycles. The lowest BCUT2D eigenvalue weighted by Gasteiger charge is -2.12. The van der Waals surface area contributed by atoms with Gasteiger partial charge in [-0.05, 0) is 24.6 Å². The summed E-state index contributed by atoms with van der Waals surface area (Å²) in [5, 5.41) is 0.682. The van der Waals surface area contributed by atoms with Crippen LogP contribution in [0.5, 0.6) is 0 Å². The Kier molecular flexibility index (Phi) is 6.50. The van der Waals surface area contributed by atoms with E-state index in [9.17, 15) is 0 Å². The average Bonchev–Trinajstić information content (AvgIpc) is 2.28. The lowest BCUT2D eigenvalue weighted by atomic mass is 10.0. The number of nitrogen functional groups attached to an aromatic ring is 1. The van der Waals surface area contributed by atoms with Crippen LogP contribution < -0.4 is 5.73 Å². The van der Waals surface area contributed by atoms with E-state index in [1.807, 2.05) is 0 Å². The summed E-state index contributed by atoms with van der Waals surface area (Å²) in [6.07, 6.45) is 5.01. The summed E-state index contributed by atoms with van der Waals surface area (Å²) >= 11 is 6.61. The second kappa shape index (κ2) is 7.66. The van der Waals surface area contributed by atoms with Gasteiger partial charge < -0.3 is 10.7 Å². The summed E-state index contributed by atoms with van der Waals surface area (Å²) in [4.78, 5) is 11.0. The highest BCUT2D eigenvalue weighted by Gasteiger charge is 2.08. The maximum atomic E-state index is 5.59. The van der Waals surface area contributed by atoms with Gasteiger partial charge in [0.2, 0.25) is 10.7 Å². The topological polar surface area (TPSA) is 67.6 Å². The van der Waals surface area contributed by atoms with Crippen molar-refractivity contribution in [2.75, 3.05) is 11.5 Å². The first-order chi connectivity index (χ1) is 8.15. The highest BCUT2D eigenvalue weighted by Crippen LogP contribution is 2.22. The van der Waals surface area contributed by atoms with Crippen molar-refractivity contribution in [2.45, 2.75) is 44.7 Å². The van der Waals surface area contributed by atoms with E-state index in [1.54, 1.807) is 11.8 Å². The monoisotopic (exact) mass is 272 g/mol. The lowest BCUT2D eigenvalue weighted by Crippen LogP contribution is -2.04. The fourth-order valence-corrected chi connectivity index (χ4v) is 2.89. The van der Waals surface area contributed by atoms with E-state index in [0.29, 0.717) is 15.9 Å². The van der Waals surface area contributed by atoms with Crippen LogP contribution in [0.4, 0.5) is 5.95 Å². The Bertz CT molecular complexity index is 391. The molecule has 4 nitrogen and oxygen atoms in total. The third-order valence-corrected chi connectivity index (χ3v) is 3.91. The fraction of sp³-hybridized carbons (Fsp3) is 0.727. The van der Waals surface area contributed by atoms with Crippen molar-refractivity contribution in [3.63, 3.8) is 0 Å². The highest BCUT2D eigenvalue weighted by molar-refractivity contribution is 7.99. The van der Waals surface area contributed by atoms with Gasteiger partial charge in [-0.2, -0.15) is 9.97 Å². The van der Waals surface area contributed by atoms with Gasteiger partial charge in [0.05, 0.1) is 0 Å². The number of thioether (sulfide) groups is 1. The van der Waals surface area contributed by atoms with Crippen LogP contribution in [0.1, 0.15) is 39.5 Å². The number of hydrogen-bond acceptors (Lipinski definition) is 5. The minimum atomic E-state index is 0.342. The third-order valence-electron chi connectivity index (χ3n) is 2.64. The molecule has 0 saturated carbocycles. The van der Waals surface area contributed by atoms with Crippen LogP contribution in [-0.2, 0) is 0 Å². The summed E-state index contributed by atoms with van der Waals surface area (Å²) in [5.74, 6) is 2.10. The van der Waals surface area contributed by atoms with Gasteiger partial charge in [0.15, 0.2) is 5.16 Å². The van der Waals surface area contributed by atoms with Gasteiger partial charge in [0, 0.05) is 5.75 Å². The van der Waals surface area contributed by atoms with Crippen molar-refractivity contribution in [1.29, 1.82) is 0 Å². The van der Waals surface area contributed by atoms with Crippen LogP contribution in [-0.4, -0.2) is 20.7 Å². The second-order valence-electron chi connectivity index (χ2n) is 4.05. The molecule has 1 heterocycles. The summed E-state index contributed by atoms with van der Waals surface area (Å²) in [6, 6.07) is 0. The lowest BCUT2D eigenvalue weighted by molar-refractivity contribution is 0.499. The molecule has 0 spiro atoms. The normalized spacial score (nSPS) is 12.6. The fourth-order valence-electron chi connectivity index (χ4n) is 1.54. The summed E-state index contributed by atoms with van der Waals surface area (Å²) in [7, 11) is 0. The third kappa shape index (κ3) is 5.50. The van der Waals surface area contributed by atoms with E-state index in [4.69, 9.17) is 18.0 Å². The maximum absolute atomic E-state index is 5.59. The number of anilines is 1. The Morgan fingerprint density at radius 1 is 1.41 bits per heavy atom. The van der Waals surface area contributed by atoms with E-state index >= 15 is 0 Å². The molecule has 1 aromatic heterocycles. The molecule has 3 N–H and O–H groups in total. The zero-order valence-corrected chi connectivity index (χ0v) is 12.0. The Balaban J connectivity index is 2.50. The zero-order chi connectivity index (χ0) is 12.7. The molecule has 1 atom stereocenters. The van der Waals surface area contributed by atoms with Gasteiger partial charge in [0.1, 0.15) is 0 Å². The van der Waals surface area contributed by atoms with Crippen molar-refractivity contribution < 1.29 is 0 Å². The van der Waals surface area contributed by atoms with E-state index < -0.39 is 0 Å². The summed E-state index contributed by atoms with van der Waals surface area (Å²) in [5.41, 5.74) is 5.59. The Hall–Kier alpha value is -0.620. The van der Waals surface area contributed by atoms with Crippen molar-refractivity contribution in [1.82, 2.24) is 15.0 Å². The molecule has 0 saturated heterocycles.